The van der Waals surface area contributed by atoms with E-state index >= 15 is 0 Å². The van der Waals surface area contributed by atoms with Gasteiger partial charge in [-0.05, 0) is 37.6 Å². The van der Waals surface area contributed by atoms with Crippen LogP contribution >= 0.6 is 0 Å². The van der Waals surface area contributed by atoms with E-state index in [1.54, 1.807) is 18.4 Å². The molecule has 0 aliphatic rings. The lowest BCUT2D eigenvalue weighted by Crippen LogP contribution is -2.19. The molecule has 0 fully saturated rings. The number of anilines is 2. The van der Waals surface area contributed by atoms with Gasteiger partial charge in [-0.15, -0.1) is 0 Å². The molecule has 0 radical (unpaired) electrons. The number of para-hydroxylation sites is 1. The minimum atomic E-state index is -3.82. The Balaban J connectivity index is 2.05. The number of nitrogens with two attached hydrogens (primary N) is 2. The standard InChI is InChI=1S/C14H19N3O3S/c1-10(7-8-11-4-3-9-20-11)17-12-5-2-6-13(14(12)15)21(16,18)19/h2-6,9-10,17H,7-8,15H2,1H3,(H2,16,18,19). The number of rotatable bonds is 6. The third-order valence-corrected chi connectivity index (χ3v) is 4.15. The van der Waals surface area contributed by atoms with Crippen molar-refractivity contribution in [3.63, 3.8) is 0 Å². The molecule has 5 N–H and O–H groups in total. The van der Waals surface area contributed by atoms with E-state index in [1.165, 1.54) is 6.07 Å². The van der Waals surface area contributed by atoms with E-state index in [4.69, 9.17) is 15.3 Å². The van der Waals surface area contributed by atoms with Crippen molar-refractivity contribution in [1.29, 1.82) is 0 Å². The molecule has 1 unspecified atom stereocenters. The number of nitrogen functional groups attached to an aromatic ring is 1. The van der Waals surface area contributed by atoms with Gasteiger partial charge in [-0.1, -0.05) is 6.07 Å². The van der Waals surface area contributed by atoms with Crippen molar-refractivity contribution in [2.75, 3.05) is 11.1 Å². The molecule has 0 saturated heterocycles. The molecule has 6 nitrogen and oxygen atoms in total. The summed E-state index contributed by atoms with van der Waals surface area (Å²) < 4.78 is 28.1. The fourth-order valence-corrected chi connectivity index (χ4v) is 2.75. The summed E-state index contributed by atoms with van der Waals surface area (Å²) in [5.41, 5.74) is 6.58. The van der Waals surface area contributed by atoms with Crippen LogP contribution in [0.4, 0.5) is 11.4 Å². The van der Waals surface area contributed by atoms with Crippen LogP contribution in [0.15, 0.2) is 45.9 Å². The number of hydrogen-bond donors (Lipinski definition) is 3. The Bertz CT molecular complexity index is 696. The van der Waals surface area contributed by atoms with Gasteiger partial charge >= 0.3 is 0 Å². The van der Waals surface area contributed by atoms with Crippen molar-refractivity contribution in [3.05, 3.63) is 42.4 Å². The second kappa shape index (κ2) is 6.19. The molecule has 114 valence electrons. The lowest BCUT2D eigenvalue weighted by Gasteiger charge is -2.17. The molecule has 0 spiro atoms. The number of benzene rings is 1. The van der Waals surface area contributed by atoms with Crippen LogP contribution in [-0.2, 0) is 16.4 Å². The largest absolute Gasteiger partial charge is 0.469 e. The molecule has 0 aliphatic heterocycles. The number of hydrogen-bond acceptors (Lipinski definition) is 5. The lowest BCUT2D eigenvalue weighted by molar-refractivity contribution is 0.495. The molecule has 0 saturated carbocycles. The van der Waals surface area contributed by atoms with E-state index in [2.05, 4.69) is 5.32 Å². The van der Waals surface area contributed by atoms with Gasteiger partial charge in [-0.25, -0.2) is 13.6 Å². The second-order valence-corrected chi connectivity index (χ2v) is 6.46. The summed E-state index contributed by atoms with van der Waals surface area (Å²) in [4.78, 5) is -0.0641. The Morgan fingerprint density at radius 1 is 1.29 bits per heavy atom. The van der Waals surface area contributed by atoms with E-state index in [0.717, 1.165) is 18.6 Å². The predicted octanol–water partition coefficient (Wildman–Crippen LogP) is 1.94. The normalized spacial score (nSPS) is 13.0. The number of primary sulfonamides is 1. The minimum Gasteiger partial charge on any atom is -0.469 e. The smallest absolute Gasteiger partial charge is 0.240 e. The third kappa shape index (κ3) is 3.99. The number of sulfonamides is 1. The number of furan rings is 1. The summed E-state index contributed by atoms with van der Waals surface area (Å²) in [6, 6.07) is 8.60. The molecule has 0 bridgehead atoms. The van der Waals surface area contributed by atoms with Crippen molar-refractivity contribution in [2.24, 2.45) is 5.14 Å². The maximum absolute atomic E-state index is 11.4. The number of nitrogens with one attached hydrogen (secondary N) is 1. The molecule has 1 aromatic carbocycles. The summed E-state index contributed by atoms with van der Waals surface area (Å²) in [6.45, 7) is 1.99. The first kappa shape index (κ1) is 15.4. The average molecular weight is 309 g/mol. The van der Waals surface area contributed by atoms with Gasteiger partial charge in [-0.2, -0.15) is 0 Å². The van der Waals surface area contributed by atoms with Crippen molar-refractivity contribution in [1.82, 2.24) is 0 Å². The zero-order chi connectivity index (χ0) is 15.5. The maximum Gasteiger partial charge on any atom is 0.240 e. The Morgan fingerprint density at radius 2 is 2.05 bits per heavy atom. The van der Waals surface area contributed by atoms with Crippen LogP contribution in [0.25, 0.3) is 0 Å². The zero-order valence-electron chi connectivity index (χ0n) is 11.7. The predicted molar refractivity (Wildman–Crippen MR) is 82.3 cm³/mol. The van der Waals surface area contributed by atoms with Crippen LogP contribution < -0.4 is 16.2 Å². The molecule has 0 aliphatic carbocycles. The van der Waals surface area contributed by atoms with Crippen LogP contribution in [0.2, 0.25) is 0 Å². The second-order valence-electron chi connectivity index (χ2n) is 4.93. The average Bonchev–Trinajstić information content (AvgIpc) is 2.90. The molecule has 2 rings (SSSR count). The van der Waals surface area contributed by atoms with Crippen molar-refractivity contribution in [2.45, 2.75) is 30.7 Å². The van der Waals surface area contributed by atoms with Gasteiger partial charge in [0, 0.05) is 12.5 Å². The molecular formula is C14H19N3O3S. The molecule has 1 heterocycles. The van der Waals surface area contributed by atoms with Crippen LogP contribution in [0.5, 0.6) is 0 Å². The highest BCUT2D eigenvalue weighted by Crippen LogP contribution is 2.26. The molecule has 1 aromatic heterocycles. The molecular weight excluding hydrogens is 290 g/mol. The third-order valence-electron chi connectivity index (χ3n) is 3.18. The first-order chi connectivity index (χ1) is 9.88. The first-order valence-corrected chi connectivity index (χ1v) is 8.13. The van der Waals surface area contributed by atoms with Gasteiger partial charge in [0.1, 0.15) is 10.7 Å². The van der Waals surface area contributed by atoms with E-state index in [9.17, 15) is 8.42 Å². The summed E-state index contributed by atoms with van der Waals surface area (Å²) >= 11 is 0. The Morgan fingerprint density at radius 3 is 2.67 bits per heavy atom. The fourth-order valence-electron chi connectivity index (χ4n) is 2.07. The zero-order valence-corrected chi connectivity index (χ0v) is 12.6. The van der Waals surface area contributed by atoms with Gasteiger partial charge in [0.25, 0.3) is 0 Å². The van der Waals surface area contributed by atoms with E-state index < -0.39 is 10.0 Å². The van der Waals surface area contributed by atoms with Crippen molar-refractivity contribution in [3.8, 4) is 0 Å². The monoisotopic (exact) mass is 309 g/mol. The van der Waals surface area contributed by atoms with Crippen molar-refractivity contribution < 1.29 is 12.8 Å². The summed E-state index contributed by atoms with van der Waals surface area (Å²) in [6.07, 6.45) is 3.25. The molecule has 21 heavy (non-hydrogen) atoms. The maximum atomic E-state index is 11.4. The van der Waals surface area contributed by atoms with Crippen LogP contribution in [0.1, 0.15) is 19.1 Å². The lowest BCUT2D eigenvalue weighted by atomic mass is 10.1. The van der Waals surface area contributed by atoms with Gasteiger partial charge in [0.15, 0.2) is 0 Å². The van der Waals surface area contributed by atoms with Crippen LogP contribution in [0.3, 0.4) is 0 Å². The molecule has 0 amide bonds. The minimum absolute atomic E-state index is 0.0641. The quantitative estimate of drug-likeness (QED) is 0.706. The Kier molecular flexibility index (Phi) is 4.54. The topological polar surface area (TPSA) is 111 Å². The molecule has 1 atom stereocenters. The van der Waals surface area contributed by atoms with Gasteiger partial charge in [-0.3, -0.25) is 0 Å². The molecule has 7 heteroatoms. The van der Waals surface area contributed by atoms with Crippen LogP contribution in [0, 0.1) is 0 Å². The summed E-state index contributed by atoms with van der Waals surface area (Å²) in [5.74, 6) is 0.912. The Labute approximate surface area is 124 Å². The van der Waals surface area contributed by atoms with Gasteiger partial charge in [0.05, 0.1) is 17.6 Å². The summed E-state index contributed by atoms with van der Waals surface area (Å²) in [5, 5.41) is 8.33. The van der Waals surface area contributed by atoms with Crippen LogP contribution in [-0.4, -0.2) is 14.5 Å². The Hall–Kier alpha value is -1.99. The van der Waals surface area contributed by atoms with E-state index in [0.29, 0.717) is 5.69 Å². The highest BCUT2D eigenvalue weighted by Gasteiger charge is 2.15. The van der Waals surface area contributed by atoms with Crippen molar-refractivity contribution >= 4 is 21.4 Å². The van der Waals surface area contributed by atoms with E-state index in [-0.39, 0.29) is 16.6 Å². The highest BCUT2D eigenvalue weighted by molar-refractivity contribution is 7.89. The summed E-state index contributed by atoms with van der Waals surface area (Å²) in [7, 11) is -3.82. The van der Waals surface area contributed by atoms with Gasteiger partial charge in [0.2, 0.25) is 10.0 Å². The van der Waals surface area contributed by atoms with Gasteiger partial charge < -0.3 is 15.5 Å². The van der Waals surface area contributed by atoms with E-state index in [1.807, 2.05) is 19.1 Å². The fraction of sp³-hybridized carbons (Fsp3) is 0.286. The SMILES string of the molecule is CC(CCc1ccco1)Nc1cccc(S(N)(=O)=O)c1N. The number of aryl methyl sites for hydroxylation is 1. The first-order valence-electron chi connectivity index (χ1n) is 6.58. The molecule has 2 aromatic rings. The highest BCUT2D eigenvalue weighted by atomic mass is 32.2.